The van der Waals surface area contributed by atoms with E-state index in [4.69, 9.17) is 16.3 Å². The van der Waals surface area contributed by atoms with Crippen molar-refractivity contribution < 1.29 is 17.9 Å². The number of ether oxygens (including phenoxy) is 1. The number of methoxy groups -OCH3 is 1. The zero-order valence-electron chi connectivity index (χ0n) is 11.4. The monoisotopic (exact) mass is 326 g/mol. The molecule has 114 valence electrons. The highest BCUT2D eigenvalue weighted by Crippen LogP contribution is 2.33. The standard InChI is InChI=1S/C15H10ClF3N2O/c1-22-13-4-3-10(16)6-11(13)12-8-21-7-9(15(17,18)19)2-5-14(21)20-12/h2-8H,1H3. The predicted octanol–water partition coefficient (Wildman–Crippen LogP) is 4.68. The summed E-state index contributed by atoms with van der Waals surface area (Å²) in [6, 6.07) is 7.34. The number of pyridine rings is 1. The molecule has 0 N–H and O–H groups in total. The molecule has 22 heavy (non-hydrogen) atoms. The third-order valence-electron chi connectivity index (χ3n) is 3.22. The first-order chi connectivity index (χ1) is 10.4. The van der Waals surface area contributed by atoms with Gasteiger partial charge in [-0.2, -0.15) is 13.2 Å². The first kappa shape index (κ1) is 14.7. The van der Waals surface area contributed by atoms with Gasteiger partial charge in [-0.15, -0.1) is 0 Å². The predicted molar refractivity (Wildman–Crippen MR) is 77.2 cm³/mol. The van der Waals surface area contributed by atoms with Gasteiger partial charge in [0.1, 0.15) is 11.4 Å². The van der Waals surface area contributed by atoms with Crippen LogP contribution in [0.5, 0.6) is 5.75 Å². The summed E-state index contributed by atoms with van der Waals surface area (Å²) in [5, 5.41) is 0.490. The van der Waals surface area contributed by atoms with Crippen molar-refractivity contribution >= 4 is 17.2 Å². The van der Waals surface area contributed by atoms with Crippen LogP contribution >= 0.6 is 11.6 Å². The smallest absolute Gasteiger partial charge is 0.417 e. The van der Waals surface area contributed by atoms with Crippen LogP contribution in [0.4, 0.5) is 13.2 Å². The Balaban J connectivity index is 2.15. The van der Waals surface area contributed by atoms with Crippen molar-refractivity contribution in [2.24, 2.45) is 0 Å². The van der Waals surface area contributed by atoms with Gasteiger partial charge in [0.05, 0.1) is 18.4 Å². The molecule has 0 fully saturated rings. The van der Waals surface area contributed by atoms with E-state index in [2.05, 4.69) is 4.98 Å². The van der Waals surface area contributed by atoms with Crippen LogP contribution in [-0.4, -0.2) is 16.5 Å². The average molecular weight is 327 g/mol. The summed E-state index contributed by atoms with van der Waals surface area (Å²) in [5.41, 5.74) is 0.776. The van der Waals surface area contributed by atoms with Gasteiger partial charge in [0.15, 0.2) is 0 Å². The molecular weight excluding hydrogens is 317 g/mol. The first-order valence-electron chi connectivity index (χ1n) is 6.28. The third-order valence-corrected chi connectivity index (χ3v) is 3.45. The zero-order valence-corrected chi connectivity index (χ0v) is 12.1. The molecule has 0 bridgehead atoms. The van der Waals surface area contributed by atoms with Crippen LogP contribution in [0.15, 0.2) is 42.7 Å². The molecule has 0 saturated carbocycles. The molecule has 1 aromatic carbocycles. The van der Waals surface area contributed by atoms with Gasteiger partial charge in [-0.05, 0) is 30.3 Å². The lowest BCUT2D eigenvalue weighted by atomic mass is 10.1. The molecule has 0 aliphatic rings. The molecule has 2 heterocycles. The van der Waals surface area contributed by atoms with Crippen molar-refractivity contribution in [1.82, 2.24) is 9.38 Å². The van der Waals surface area contributed by atoms with Crippen molar-refractivity contribution in [2.75, 3.05) is 7.11 Å². The summed E-state index contributed by atoms with van der Waals surface area (Å²) in [5.74, 6) is 0.545. The Kier molecular flexibility index (Phi) is 3.48. The summed E-state index contributed by atoms with van der Waals surface area (Å²) >= 11 is 5.97. The zero-order chi connectivity index (χ0) is 15.9. The fraction of sp³-hybridized carbons (Fsp3) is 0.133. The molecule has 0 saturated heterocycles. The second-order valence-electron chi connectivity index (χ2n) is 4.65. The largest absolute Gasteiger partial charge is 0.496 e. The fourth-order valence-electron chi connectivity index (χ4n) is 2.17. The molecule has 0 radical (unpaired) electrons. The molecule has 0 aliphatic carbocycles. The molecule has 7 heteroatoms. The number of nitrogens with zero attached hydrogens (tertiary/aromatic N) is 2. The van der Waals surface area contributed by atoms with Gasteiger partial charge in [-0.1, -0.05) is 11.6 Å². The number of halogens is 4. The van der Waals surface area contributed by atoms with E-state index in [1.54, 1.807) is 18.2 Å². The molecule has 0 atom stereocenters. The minimum absolute atomic E-state index is 0.407. The summed E-state index contributed by atoms with van der Waals surface area (Å²) in [7, 11) is 1.50. The highest BCUT2D eigenvalue weighted by atomic mass is 35.5. The van der Waals surface area contributed by atoms with Crippen molar-refractivity contribution in [2.45, 2.75) is 6.18 Å². The molecule has 3 nitrogen and oxygen atoms in total. The van der Waals surface area contributed by atoms with Gasteiger partial charge in [0, 0.05) is 23.0 Å². The van der Waals surface area contributed by atoms with Crippen LogP contribution in [0.25, 0.3) is 16.9 Å². The number of fused-ring (bicyclic) bond motifs is 1. The number of benzene rings is 1. The van der Waals surface area contributed by atoms with Gasteiger partial charge in [-0.3, -0.25) is 0 Å². The van der Waals surface area contributed by atoms with Gasteiger partial charge < -0.3 is 9.14 Å². The second-order valence-corrected chi connectivity index (χ2v) is 5.09. The lowest BCUT2D eigenvalue weighted by Gasteiger charge is -2.06. The molecule has 3 aromatic rings. The summed E-state index contributed by atoms with van der Waals surface area (Å²) < 4.78 is 44.8. The van der Waals surface area contributed by atoms with Gasteiger partial charge >= 0.3 is 6.18 Å². The van der Waals surface area contributed by atoms with Gasteiger partial charge in [0.25, 0.3) is 0 Å². The number of hydrogen-bond acceptors (Lipinski definition) is 2. The molecule has 2 aromatic heterocycles. The third kappa shape index (κ3) is 2.62. The lowest BCUT2D eigenvalue weighted by Crippen LogP contribution is -2.05. The summed E-state index contributed by atoms with van der Waals surface area (Å²) in [6.07, 6.45) is -1.88. The Hall–Kier alpha value is -2.21. The van der Waals surface area contributed by atoms with E-state index in [1.165, 1.54) is 23.8 Å². The summed E-state index contributed by atoms with van der Waals surface area (Å²) in [6.45, 7) is 0. The Labute approximate surface area is 128 Å². The van der Waals surface area contributed by atoms with Crippen molar-refractivity contribution in [3.05, 3.63) is 53.3 Å². The SMILES string of the molecule is COc1ccc(Cl)cc1-c1cn2cc(C(F)(F)F)ccc2n1. The van der Waals surface area contributed by atoms with Crippen molar-refractivity contribution in [1.29, 1.82) is 0 Å². The van der Waals surface area contributed by atoms with Crippen LogP contribution in [0.1, 0.15) is 5.56 Å². The Morgan fingerprint density at radius 2 is 1.91 bits per heavy atom. The van der Waals surface area contributed by atoms with E-state index >= 15 is 0 Å². The number of alkyl halides is 3. The number of aromatic nitrogens is 2. The highest BCUT2D eigenvalue weighted by Gasteiger charge is 2.30. The Morgan fingerprint density at radius 3 is 2.59 bits per heavy atom. The molecule has 3 rings (SSSR count). The van der Waals surface area contributed by atoms with Gasteiger partial charge in [-0.25, -0.2) is 4.98 Å². The number of rotatable bonds is 2. The van der Waals surface area contributed by atoms with Crippen molar-refractivity contribution in [3.63, 3.8) is 0 Å². The van der Waals surface area contributed by atoms with E-state index in [9.17, 15) is 13.2 Å². The van der Waals surface area contributed by atoms with E-state index in [-0.39, 0.29) is 0 Å². The van der Waals surface area contributed by atoms with Crippen LogP contribution in [-0.2, 0) is 6.18 Å². The highest BCUT2D eigenvalue weighted by molar-refractivity contribution is 6.30. The van der Waals surface area contributed by atoms with E-state index in [0.717, 1.165) is 12.3 Å². The quantitative estimate of drug-likeness (QED) is 0.683. The van der Waals surface area contributed by atoms with Crippen LogP contribution < -0.4 is 4.74 Å². The van der Waals surface area contributed by atoms with Crippen LogP contribution in [0.2, 0.25) is 5.02 Å². The van der Waals surface area contributed by atoms with E-state index in [1.807, 2.05) is 0 Å². The molecule has 0 spiro atoms. The average Bonchev–Trinajstić information content (AvgIpc) is 2.89. The van der Waals surface area contributed by atoms with Gasteiger partial charge in [0.2, 0.25) is 0 Å². The van der Waals surface area contributed by atoms with E-state index in [0.29, 0.717) is 27.7 Å². The Morgan fingerprint density at radius 1 is 1.14 bits per heavy atom. The maximum Gasteiger partial charge on any atom is 0.417 e. The Bertz CT molecular complexity index is 842. The minimum atomic E-state index is -4.40. The van der Waals surface area contributed by atoms with E-state index < -0.39 is 11.7 Å². The fourth-order valence-corrected chi connectivity index (χ4v) is 2.34. The number of hydrogen-bond donors (Lipinski definition) is 0. The van der Waals surface area contributed by atoms with Crippen molar-refractivity contribution in [3.8, 4) is 17.0 Å². The molecule has 0 aliphatic heterocycles. The minimum Gasteiger partial charge on any atom is -0.496 e. The maximum absolute atomic E-state index is 12.7. The first-order valence-corrected chi connectivity index (χ1v) is 6.66. The normalized spacial score (nSPS) is 11.9. The topological polar surface area (TPSA) is 26.5 Å². The molecular formula is C15H10ClF3N2O. The second kappa shape index (κ2) is 5.21. The summed E-state index contributed by atoms with van der Waals surface area (Å²) in [4.78, 5) is 4.31. The van der Waals surface area contributed by atoms with Crippen LogP contribution in [0, 0.1) is 0 Å². The maximum atomic E-state index is 12.7. The lowest BCUT2D eigenvalue weighted by molar-refractivity contribution is -0.137. The molecule has 0 amide bonds. The number of imidazole rings is 1. The molecule has 0 unspecified atom stereocenters. The van der Waals surface area contributed by atoms with Crippen LogP contribution in [0.3, 0.4) is 0 Å².